The molecular weight excluding hydrogens is 521 g/mol. The van der Waals surface area contributed by atoms with Crippen molar-refractivity contribution in [2.75, 3.05) is 0 Å². The molecular formula is C41H70Si. The van der Waals surface area contributed by atoms with Crippen molar-refractivity contribution in [2.45, 2.75) is 179 Å². The topological polar surface area (TPSA) is 0 Å². The molecule has 0 heterocycles. The zero-order valence-electron chi connectivity index (χ0n) is 28.4. The minimum Gasteiger partial charge on any atom is -0.0689 e. The quantitative estimate of drug-likeness (QED) is 0.286. The maximum atomic E-state index is 2.99. The van der Waals surface area contributed by atoms with Crippen LogP contribution in [0.2, 0.25) is 24.2 Å². The number of rotatable bonds is 4. The Kier molecular flexibility index (Phi) is 8.53. The average molecular weight is 591 g/mol. The molecule has 1 heteroatoms. The maximum absolute atomic E-state index is 2.99. The number of hydrogen-bond acceptors (Lipinski definition) is 0. The Balaban J connectivity index is 1.00. The normalized spacial score (nSPS) is 53.1. The van der Waals surface area contributed by atoms with Crippen molar-refractivity contribution in [2.24, 2.45) is 76.9 Å². The fourth-order valence-corrected chi connectivity index (χ4v) is 22.6. The van der Waals surface area contributed by atoms with E-state index in [-0.39, 0.29) is 0 Å². The second-order valence-electron chi connectivity index (χ2n) is 19.2. The Morgan fingerprint density at radius 2 is 0.762 bits per heavy atom. The molecule has 0 spiro atoms. The van der Waals surface area contributed by atoms with Crippen LogP contribution in [0.3, 0.4) is 0 Å². The van der Waals surface area contributed by atoms with Crippen LogP contribution in [-0.2, 0) is 0 Å². The number of hydrogen-bond donors (Lipinski definition) is 0. The standard InChI is InChI=1S/C41H70Si/c1-27-26-39-35(33-19-9-15-29-13-5-7-17-31(29)33)21-11-23-38(39)41(27)42(2,3)40-25-24-36-34(20-10-22-37(36)40)32-18-8-14-28-12-4-6-16-30(28)32/h27-41H,4-26H2,1-3H3. The van der Waals surface area contributed by atoms with Gasteiger partial charge in [-0.2, -0.15) is 0 Å². The zero-order chi connectivity index (χ0) is 28.4. The molecule has 15 atom stereocenters. The SMILES string of the molecule is CC1CC2C(C3CCCC4CCCCC43)CCCC2C1[Si](C)(C)C1CCC2C(C3CCCC4CCCCC43)CCCC21. The van der Waals surface area contributed by atoms with Crippen LogP contribution in [-0.4, -0.2) is 8.07 Å². The first-order valence-electron chi connectivity index (χ1n) is 20.5. The van der Waals surface area contributed by atoms with E-state index in [1.807, 2.05) is 0 Å². The van der Waals surface area contributed by atoms with E-state index in [1.165, 1.54) is 5.54 Å². The summed E-state index contributed by atoms with van der Waals surface area (Å²) in [6.45, 7) is 8.78. The van der Waals surface area contributed by atoms with E-state index in [2.05, 4.69) is 20.0 Å². The smallest absolute Gasteiger partial charge is 0.0544 e. The monoisotopic (exact) mass is 591 g/mol. The summed E-state index contributed by atoms with van der Waals surface area (Å²) in [5, 5.41) is 0. The molecule has 0 radical (unpaired) electrons. The lowest BCUT2D eigenvalue weighted by Gasteiger charge is -2.52. The molecule has 15 unspecified atom stereocenters. The van der Waals surface area contributed by atoms with Crippen LogP contribution in [0.1, 0.15) is 155 Å². The lowest BCUT2D eigenvalue weighted by Crippen LogP contribution is -2.47. The molecule has 0 aromatic carbocycles. The number of fused-ring (bicyclic) bond motifs is 4. The van der Waals surface area contributed by atoms with Crippen molar-refractivity contribution >= 4 is 8.07 Å². The van der Waals surface area contributed by atoms with E-state index in [4.69, 9.17) is 0 Å². The highest BCUT2D eigenvalue weighted by Gasteiger charge is 2.59. The van der Waals surface area contributed by atoms with Crippen LogP contribution >= 0.6 is 0 Å². The fraction of sp³-hybridized carbons (Fsp3) is 1.00. The zero-order valence-corrected chi connectivity index (χ0v) is 29.4. The molecule has 8 fully saturated rings. The predicted molar refractivity (Wildman–Crippen MR) is 182 cm³/mol. The maximum Gasteiger partial charge on any atom is 0.0544 e. The molecule has 0 bridgehead atoms. The van der Waals surface area contributed by atoms with Crippen molar-refractivity contribution in [3.8, 4) is 0 Å². The Morgan fingerprint density at radius 1 is 0.357 bits per heavy atom. The summed E-state index contributed by atoms with van der Waals surface area (Å²) in [4.78, 5) is 0. The van der Waals surface area contributed by atoms with Gasteiger partial charge in [-0.15, -0.1) is 0 Å². The summed E-state index contributed by atoms with van der Waals surface area (Å²) in [5.74, 6) is 14.6. The van der Waals surface area contributed by atoms with E-state index in [0.717, 1.165) is 82.5 Å². The van der Waals surface area contributed by atoms with Gasteiger partial charge < -0.3 is 0 Å². The van der Waals surface area contributed by atoms with Gasteiger partial charge in [-0.25, -0.2) is 0 Å². The average Bonchev–Trinajstić information content (AvgIpc) is 3.62. The predicted octanol–water partition coefficient (Wildman–Crippen LogP) is 12.5. The van der Waals surface area contributed by atoms with Gasteiger partial charge in [0.1, 0.15) is 0 Å². The minimum absolute atomic E-state index is 1.03. The molecule has 0 nitrogen and oxygen atoms in total. The highest BCUT2D eigenvalue weighted by Crippen LogP contribution is 2.67. The lowest BCUT2D eigenvalue weighted by molar-refractivity contribution is 0.0116. The van der Waals surface area contributed by atoms with E-state index in [9.17, 15) is 0 Å². The van der Waals surface area contributed by atoms with Gasteiger partial charge in [-0.05, 0) is 139 Å². The highest BCUT2D eigenvalue weighted by atomic mass is 28.3. The molecule has 238 valence electrons. The molecule has 0 N–H and O–H groups in total. The molecule has 0 aromatic heterocycles. The third kappa shape index (κ3) is 5.00. The first-order chi connectivity index (χ1) is 20.5. The summed E-state index contributed by atoms with van der Waals surface area (Å²) in [5.41, 5.74) is 2.32. The third-order valence-electron chi connectivity index (χ3n) is 17.6. The summed E-state index contributed by atoms with van der Waals surface area (Å²) in [7, 11) is -1.34. The molecule has 8 rings (SSSR count). The van der Waals surface area contributed by atoms with Gasteiger partial charge in [0.25, 0.3) is 0 Å². The Hall–Kier alpha value is 0.217. The molecule has 0 aromatic rings. The molecule has 0 amide bonds. The minimum atomic E-state index is -1.34. The summed E-state index contributed by atoms with van der Waals surface area (Å²) in [6, 6.07) is 0. The van der Waals surface area contributed by atoms with E-state index in [0.29, 0.717) is 0 Å². The van der Waals surface area contributed by atoms with Crippen molar-refractivity contribution in [3.63, 3.8) is 0 Å². The van der Waals surface area contributed by atoms with Crippen LogP contribution in [0.4, 0.5) is 0 Å². The van der Waals surface area contributed by atoms with Crippen molar-refractivity contribution < 1.29 is 0 Å². The lowest BCUT2D eigenvalue weighted by atomic mass is 9.57. The Morgan fingerprint density at radius 3 is 1.38 bits per heavy atom. The second-order valence-corrected chi connectivity index (χ2v) is 24.2. The summed E-state index contributed by atoms with van der Waals surface area (Å²) >= 11 is 0. The van der Waals surface area contributed by atoms with Crippen LogP contribution in [0.5, 0.6) is 0 Å². The van der Waals surface area contributed by atoms with Gasteiger partial charge in [0.05, 0.1) is 8.07 Å². The molecule has 8 saturated carbocycles. The van der Waals surface area contributed by atoms with Crippen LogP contribution in [0.25, 0.3) is 0 Å². The van der Waals surface area contributed by atoms with Crippen molar-refractivity contribution in [1.29, 1.82) is 0 Å². The van der Waals surface area contributed by atoms with Crippen molar-refractivity contribution in [1.82, 2.24) is 0 Å². The Bertz CT molecular complexity index is 918. The van der Waals surface area contributed by atoms with Gasteiger partial charge in [0.2, 0.25) is 0 Å². The largest absolute Gasteiger partial charge is 0.0689 e. The summed E-state index contributed by atoms with van der Waals surface area (Å²) in [6.07, 6.45) is 36.8. The van der Waals surface area contributed by atoms with E-state index >= 15 is 0 Å². The van der Waals surface area contributed by atoms with Gasteiger partial charge in [-0.3, -0.25) is 0 Å². The molecule has 0 saturated heterocycles. The van der Waals surface area contributed by atoms with Gasteiger partial charge >= 0.3 is 0 Å². The van der Waals surface area contributed by atoms with Crippen LogP contribution < -0.4 is 0 Å². The van der Waals surface area contributed by atoms with Crippen molar-refractivity contribution in [3.05, 3.63) is 0 Å². The van der Waals surface area contributed by atoms with Crippen LogP contribution in [0, 0.1) is 76.9 Å². The first kappa shape index (κ1) is 29.6. The highest BCUT2D eigenvalue weighted by molar-refractivity contribution is 6.80. The molecule has 0 aliphatic heterocycles. The molecule has 8 aliphatic rings. The summed E-state index contributed by atoms with van der Waals surface area (Å²) < 4.78 is 0. The fourth-order valence-electron chi connectivity index (χ4n) is 16.5. The third-order valence-corrected chi connectivity index (χ3v) is 22.9. The van der Waals surface area contributed by atoms with Gasteiger partial charge in [-0.1, -0.05) is 116 Å². The first-order valence-corrected chi connectivity index (χ1v) is 23.7. The van der Waals surface area contributed by atoms with Crippen LogP contribution in [0.15, 0.2) is 0 Å². The Labute approximate surface area is 263 Å². The van der Waals surface area contributed by atoms with Gasteiger partial charge in [0, 0.05) is 0 Å². The van der Waals surface area contributed by atoms with Gasteiger partial charge in [0.15, 0.2) is 0 Å². The molecule has 42 heavy (non-hydrogen) atoms. The second kappa shape index (κ2) is 12.1. The van der Waals surface area contributed by atoms with E-state index in [1.54, 1.807) is 148 Å². The van der Waals surface area contributed by atoms with E-state index < -0.39 is 8.07 Å². The molecule has 8 aliphatic carbocycles.